The number of hydrogen-bond donors (Lipinski definition) is 2. The van der Waals surface area contributed by atoms with Gasteiger partial charge in [-0.1, -0.05) is 26.8 Å². The third-order valence-electron chi connectivity index (χ3n) is 5.04. The Hall–Kier alpha value is -1.15. The van der Waals surface area contributed by atoms with Gasteiger partial charge in [0, 0.05) is 25.3 Å². The maximum Gasteiger partial charge on any atom is 0.240 e. The van der Waals surface area contributed by atoms with Crippen molar-refractivity contribution in [2.75, 3.05) is 24.5 Å². The van der Waals surface area contributed by atoms with Crippen LogP contribution in [0.1, 0.15) is 39.2 Å². The number of rotatable bonds is 7. The third-order valence-corrected chi connectivity index (χ3v) is 6.58. The minimum atomic E-state index is -3.55. The van der Waals surface area contributed by atoms with E-state index in [9.17, 15) is 13.2 Å². The van der Waals surface area contributed by atoms with Crippen molar-refractivity contribution in [3.05, 3.63) is 23.8 Å². The van der Waals surface area contributed by atoms with Gasteiger partial charge in [0.05, 0.1) is 10.3 Å². The average molecular weight is 390 g/mol. The lowest BCUT2D eigenvalue weighted by molar-refractivity contribution is -0.128. The minimum absolute atomic E-state index is 0. The molecule has 0 unspecified atom stereocenters. The molecule has 6 nitrogen and oxygen atoms in total. The second kappa shape index (κ2) is 8.49. The summed E-state index contributed by atoms with van der Waals surface area (Å²) in [6.45, 7) is 6.86. The van der Waals surface area contributed by atoms with Crippen molar-refractivity contribution in [2.24, 2.45) is 11.1 Å². The Bertz CT molecular complexity index is 710. The molecule has 0 aromatic heterocycles. The summed E-state index contributed by atoms with van der Waals surface area (Å²) >= 11 is 0. The second-order valence-corrected chi connectivity index (χ2v) is 7.96. The van der Waals surface area contributed by atoms with E-state index in [1.807, 2.05) is 13.8 Å². The molecule has 8 heteroatoms. The number of sulfonamides is 1. The maximum absolute atomic E-state index is 13.1. The van der Waals surface area contributed by atoms with Gasteiger partial charge in [-0.3, -0.25) is 4.79 Å². The fraction of sp³-hybridized carbons (Fsp3) is 0.588. The van der Waals surface area contributed by atoms with E-state index in [2.05, 4.69) is 4.72 Å². The van der Waals surface area contributed by atoms with E-state index in [1.54, 1.807) is 30.0 Å². The van der Waals surface area contributed by atoms with Gasteiger partial charge in [0.1, 0.15) is 0 Å². The van der Waals surface area contributed by atoms with Crippen molar-refractivity contribution >= 4 is 34.0 Å². The molecule has 2 rings (SSSR count). The first-order chi connectivity index (χ1) is 11.3. The number of anilines is 1. The Balaban J connectivity index is 0.00000312. The first-order valence-corrected chi connectivity index (χ1v) is 9.98. The summed E-state index contributed by atoms with van der Waals surface area (Å²) in [7, 11) is -3.55. The molecule has 1 aromatic carbocycles. The number of carbonyl (C=O) groups excluding carboxylic acids is 1. The van der Waals surface area contributed by atoms with Crippen LogP contribution in [0.3, 0.4) is 0 Å². The summed E-state index contributed by atoms with van der Waals surface area (Å²) in [6, 6.07) is 5.00. The number of amides is 1. The van der Waals surface area contributed by atoms with E-state index >= 15 is 0 Å². The third kappa shape index (κ3) is 4.00. The van der Waals surface area contributed by atoms with Gasteiger partial charge in [0.15, 0.2) is 0 Å². The molecule has 1 heterocycles. The Morgan fingerprint density at radius 3 is 2.44 bits per heavy atom. The Labute approximate surface area is 156 Å². The molecule has 0 aliphatic carbocycles. The van der Waals surface area contributed by atoms with Gasteiger partial charge >= 0.3 is 0 Å². The number of nitrogens with zero attached hydrogens (tertiary/aromatic N) is 1. The fourth-order valence-electron chi connectivity index (χ4n) is 3.23. The summed E-state index contributed by atoms with van der Waals surface area (Å²) in [6.07, 6.45) is 2.07. The van der Waals surface area contributed by atoms with Crippen LogP contribution < -0.4 is 15.4 Å². The van der Waals surface area contributed by atoms with Crippen LogP contribution in [0.2, 0.25) is 0 Å². The largest absolute Gasteiger partial charge is 0.329 e. The molecule has 0 atom stereocenters. The van der Waals surface area contributed by atoms with E-state index in [0.717, 1.165) is 12.0 Å². The molecule has 1 aliphatic rings. The summed E-state index contributed by atoms with van der Waals surface area (Å²) in [5.74, 6) is -0.00764. The lowest BCUT2D eigenvalue weighted by atomic mass is 9.81. The summed E-state index contributed by atoms with van der Waals surface area (Å²) in [5, 5.41) is 0. The molecule has 0 spiro atoms. The number of fused-ring (bicyclic) bond motifs is 1. The van der Waals surface area contributed by atoms with Gasteiger partial charge in [-0.2, -0.15) is 0 Å². The van der Waals surface area contributed by atoms with Crippen LogP contribution >= 0.6 is 12.4 Å². The predicted molar refractivity (Wildman–Crippen MR) is 103 cm³/mol. The van der Waals surface area contributed by atoms with Crippen LogP contribution in [0.4, 0.5) is 5.69 Å². The van der Waals surface area contributed by atoms with Crippen LogP contribution in [-0.4, -0.2) is 34.0 Å². The highest BCUT2D eigenvalue weighted by Gasteiger charge is 2.39. The number of nitrogens with one attached hydrogen (secondary N) is 1. The van der Waals surface area contributed by atoms with E-state index in [0.29, 0.717) is 38.2 Å². The summed E-state index contributed by atoms with van der Waals surface area (Å²) in [4.78, 5) is 15.0. The van der Waals surface area contributed by atoms with E-state index in [1.165, 1.54) is 0 Å². The number of carbonyl (C=O) groups is 1. The highest BCUT2D eigenvalue weighted by Crippen LogP contribution is 2.36. The SMILES string of the molecule is CCNS(=O)(=O)c1ccc2c(c1)N(C(=O)C(CC)(CC)CN)CC2.Cl. The normalized spacial score (nSPS) is 14.2. The standard InChI is InChI=1S/C17H27N3O3S.ClH/c1-4-17(5-2,12-18)16(21)20-10-9-13-7-8-14(11-15(13)20)24(22,23)19-6-3;/h7-8,11,19H,4-6,9-10,12,18H2,1-3H3;1H. The molecule has 0 radical (unpaired) electrons. The number of hydrogen-bond acceptors (Lipinski definition) is 4. The number of halogens is 1. The zero-order valence-corrected chi connectivity index (χ0v) is 16.7. The van der Waals surface area contributed by atoms with Crippen LogP contribution in [0.15, 0.2) is 23.1 Å². The number of nitrogens with two attached hydrogens (primary N) is 1. The van der Waals surface area contributed by atoms with Crippen molar-refractivity contribution < 1.29 is 13.2 Å². The first kappa shape index (κ1) is 21.9. The van der Waals surface area contributed by atoms with Crippen molar-refractivity contribution in [1.29, 1.82) is 0 Å². The van der Waals surface area contributed by atoms with Gasteiger partial charge in [-0.15, -0.1) is 12.4 Å². The summed E-state index contributed by atoms with van der Waals surface area (Å²) in [5.41, 5.74) is 7.01. The summed E-state index contributed by atoms with van der Waals surface area (Å²) < 4.78 is 27.0. The lowest BCUT2D eigenvalue weighted by Crippen LogP contribution is -2.47. The molecule has 0 fully saturated rings. The molecule has 1 aromatic rings. The Kier molecular flexibility index (Phi) is 7.43. The first-order valence-electron chi connectivity index (χ1n) is 8.49. The van der Waals surface area contributed by atoms with Crippen molar-refractivity contribution in [1.82, 2.24) is 4.72 Å². The molecular formula is C17H28ClN3O3S. The lowest BCUT2D eigenvalue weighted by Gasteiger charge is -2.33. The second-order valence-electron chi connectivity index (χ2n) is 6.19. The van der Waals surface area contributed by atoms with Gasteiger partial charge in [-0.25, -0.2) is 13.1 Å². The zero-order valence-electron chi connectivity index (χ0n) is 15.0. The monoisotopic (exact) mass is 389 g/mol. The molecule has 0 saturated heterocycles. The predicted octanol–water partition coefficient (Wildman–Crippen LogP) is 2.06. The van der Waals surface area contributed by atoms with Gasteiger partial charge in [-0.05, 0) is 37.0 Å². The maximum atomic E-state index is 13.1. The topological polar surface area (TPSA) is 92.5 Å². The highest BCUT2D eigenvalue weighted by molar-refractivity contribution is 7.89. The van der Waals surface area contributed by atoms with E-state index in [-0.39, 0.29) is 23.2 Å². The van der Waals surface area contributed by atoms with Crippen molar-refractivity contribution in [3.8, 4) is 0 Å². The number of benzene rings is 1. The van der Waals surface area contributed by atoms with Gasteiger partial charge in [0.2, 0.25) is 15.9 Å². The molecular weight excluding hydrogens is 362 g/mol. The van der Waals surface area contributed by atoms with Crippen LogP contribution in [0.5, 0.6) is 0 Å². The quantitative estimate of drug-likeness (QED) is 0.746. The van der Waals surface area contributed by atoms with E-state index < -0.39 is 15.4 Å². The van der Waals surface area contributed by atoms with E-state index in [4.69, 9.17) is 5.73 Å². The molecule has 25 heavy (non-hydrogen) atoms. The van der Waals surface area contributed by atoms with Crippen molar-refractivity contribution in [3.63, 3.8) is 0 Å². The minimum Gasteiger partial charge on any atom is -0.329 e. The van der Waals surface area contributed by atoms with Crippen molar-refractivity contribution in [2.45, 2.75) is 44.9 Å². The molecule has 1 aliphatic heterocycles. The van der Waals surface area contributed by atoms with Crippen LogP contribution in [0, 0.1) is 5.41 Å². The van der Waals surface area contributed by atoms with Crippen LogP contribution in [0.25, 0.3) is 0 Å². The molecule has 0 bridgehead atoms. The average Bonchev–Trinajstić information content (AvgIpc) is 2.99. The molecule has 142 valence electrons. The molecule has 3 N–H and O–H groups in total. The Morgan fingerprint density at radius 1 is 1.28 bits per heavy atom. The highest BCUT2D eigenvalue weighted by atomic mass is 35.5. The van der Waals surface area contributed by atoms with Crippen LogP contribution in [-0.2, 0) is 21.2 Å². The fourth-order valence-corrected chi connectivity index (χ4v) is 4.29. The zero-order chi connectivity index (χ0) is 18.0. The Morgan fingerprint density at radius 2 is 1.92 bits per heavy atom. The van der Waals surface area contributed by atoms with Gasteiger partial charge in [0.25, 0.3) is 0 Å². The van der Waals surface area contributed by atoms with Gasteiger partial charge < -0.3 is 10.6 Å². The smallest absolute Gasteiger partial charge is 0.240 e. The molecule has 0 saturated carbocycles. The molecule has 1 amide bonds.